The highest BCUT2D eigenvalue weighted by Gasteiger charge is 2.11. The lowest BCUT2D eigenvalue weighted by Crippen LogP contribution is -2.29. The molecule has 0 aliphatic carbocycles. The van der Waals surface area contributed by atoms with E-state index in [1.54, 1.807) is 31.3 Å². The molecule has 0 atom stereocenters. The molecule has 5 nitrogen and oxygen atoms in total. The quantitative estimate of drug-likeness (QED) is 0.875. The average Bonchev–Trinajstić information content (AvgIpc) is 2.41. The Bertz CT molecular complexity index is 743. The number of thiocarbonyl (C=S) groups is 1. The van der Waals surface area contributed by atoms with Gasteiger partial charge in [-0.1, -0.05) is 23.8 Å². The fraction of sp³-hybridized carbons (Fsp3) is 0.154. The predicted molar refractivity (Wildman–Crippen MR) is 82.4 cm³/mol. The summed E-state index contributed by atoms with van der Waals surface area (Å²) in [6, 6.07) is 6.78. The van der Waals surface area contributed by atoms with Crippen molar-refractivity contribution in [1.29, 1.82) is 0 Å². The number of halogens is 1. The first-order valence-electron chi connectivity index (χ1n) is 5.66. The Morgan fingerprint density at radius 2 is 2.15 bits per heavy atom. The molecule has 0 amide bonds. The first-order chi connectivity index (χ1) is 9.43. The third kappa shape index (κ3) is 2.66. The zero-order valence-electron chi connectivity index (χ0n) is 10.9. The smallest absolute Gasteiger partial charge is 0.276 e. The minimum absolute atomic E-state index is 0.0360. The largest absolute Gasteiger partial charge is 0.495 e. The van der Waals surface area contributed by atoms with Crippen LogP contribution in [0.4, 0.5) is 0 Å². The Morgan fingerprint density at radius 3 is 2.70 bits per heavy atom. The van der Waals surface area contributed by atoms with Gasteiger partial charge in [0.1, 0.15) is 10.7 Å². The second-order valence-electron chi connectivity index (χ2n) is 4.09. The van der Waals surface area contributed by atoms with Crippen LogP contribution in [0.25, 0.3) is 11.3 Å². The maximum Gasteiger partial charge on any atom is 0.276 e. The van der Waals surface area contributed by atoms with Crippen LogP contribution in [0.5, 0.6) is 5.75 Å². The van der Waals surface area contributed by atoms with E-state index in [4.69, 9.17) is 34.3 Å². The fourth-order valence-electron chi connectivity index (χ4n) is 1.75. The Morgan fingerprint density at radius 1 is 1.45 bits per heavy atom. The number of nitrogens with zero attached hydrogens (tertiary/aromatic N) is 2. The molecule has 2 N–H and O–H groups in total. The fourth-order valence-corrected chi connectivity index (χ4v) is 2.16. The van der Waals surface area contributed by atoms with Gasteiger partial charge in [-0.05, 0) is 24.3 Å². The Hall–Kier alpha value is -1.92. The number of benzene rings is 1. The lowest BCUT2D eigenvalue weighted by Gasteiger charge is -2.08. The number of hydrogen-bond donors (Lipinski definition) is 1. The molecule has 20 heavy (non-hydrogen) atoms. The van der Waals surface area contributed by atoms with Gasteiger partial charge in [0.25, 0.3) is 5.56 Å². The number of hydrogen-bond acceptors (Lipinski definition) is 4. The maximum absolute atomic E-state index is 11.8. The molecule has 0 aliphatic rings. The molecule has 7 heteroatoms. The van der Waals surface area contributed by atoms with Crippen LogP contribution in [-0.4, -0.2) is 21.9 Å². The monoisotopic (exact) mass is 309 g/mol. The van der Waals surface area contributed by atoms with Gasteiger partial charge < -0.3 is 10.5 Å². The third-order valence-electron chi connectivity index (χ3n) is 2.78. The number of rotatable bonds is 3. The van der Waals surface area contributed by atoms with E-state index in [1.807, 2.05) is 0 Å². The maximum atomic E-state index is 11.8. The minimum atomic E-state index is -0.333. The highest BCUT2D eigenvalue weighted by atomic mass is 35.5. The van der Waals surface area contributed by atoms with Crippen molar-refractivity contribution in [2.75, 3.05) is 7.11 Å². The summed E-state index contributed by atoms with van der Waals surface area (Å²) in [5.74, 6) is 0.565. The molecule has 0 saturated heterocycles. The first-order valence-corrected chi connectivity index (χ1v) is 6.44. The van der Waals surface area contributed by atoms with Crippen LogP contribution in [0, 0.1) is 0 Å². The topological polar surface area (TPSA) is 70.1 Å². The molecule has 104 valence electrons. The van der Waals surface area contributed by atoms with E-state index in [2.05, 4.69) is 5.10 Å². The van der Waals surface area contributed by atoms with E-state index in [0.717, 1.165) is 5.56 Å². The zero-order chi connectivity index (χ0) is 14.9. The van der Waals surface area contributed by atoms with Gasteiger partial charge in [-0.15, -0.1) is 0 Å². The van der Waals surface area contributed by atoms with Crippen molar-refractivity contribution in [2.45, 2.75) is 0 Å². The number of aryl methyl sites for hydroxylation is 1. The minimum Gasteiger partial charge on any atom is -0.495 e. The molecule has 0 unspecified atom stereocenters. The van der Waals surface area contributed by atoms with Gasteiger partial charge in [-0.3, -0.25) is 4.79 Å². The molecule has 0 spiro atoms. The van der Waals surface area contributed by atoms with Gasteiger partial charge >= 0.3 is 0 Å². The van der Waals surface area contributed by atoms with Gasteiger partial charge in [0.15, 0.2) is 0 Å². The van der Waals surface area contributed by atoms with Crippen molar-refractivity contribution >= 4 is 28.8 Å². The second-order valence-corrected chi connectivity index (χ2v) is 4.93. The molecule has 1 heterocycles. The third-order valence-corrected chi connectivity index (χ3v) is 3.29. The molecule has 0 bridgehead atoms. The predicted octanol–water partition coefficient (Wildman–Crippen LogP) is 1.74. The summed E-state index contributed by atoms with van der Waals surface area (Å²) in [4.78, 5) is 11.9. The van der Waals surface area contributed by atoms with Crippen molar-refractivity contribution in [3.8, 4) is 17.0 Å². The summed E-state index contributed by atoms with van der Waals surface area (Å²) in [6.45, 7) is 0. The van der Waals surface area contributed by atoms with Gasteiger partial charge in [0.05, 0.1) is 23.4 Å². The van der Waals surface area contributed by atoms with E-state index >= 15 is 0 Å². The van der Waals surface area contributed by atoms with Crippen LogP contribution < -0.4 is 16.0 Å². The zero-order valence-corrected chi connectivity index (χ0v) is 12.5. The van der Waals surface area contributed by atoms with Crippen molar-refractivity contribution in [2.24, 2.45) is 12.8 Å². The van der Waals surface area contributed by atoms with E-state index < -0.39 is 0 Å². The van der Waals surface area contributed by atoms with Crippen molar-refractivity contribution in [3.05, 3.63) is 45.2 Å². The summed E-state index contributed by atoms with van der Waals surface area (Å²) in [5.41, 5.74) is 6.76. The number of nitrogens with two attached hydrogens (primary N) is 1. The molecular formula is C13H12ClN3O2S. The summed E-state index contributed by atoms with van der Waals surface area (Å²) < 4.78 is 6.29. The van der Waals surface area contributed by atoms with Gasteiger partial charge in [-0.2, -0.15) is 5.10 Å². The molecule has 2 rings (SSSR count). The van der Waals surface area contributed by atoms with Crippen molar-refractivity contribution in [1.82, 2.24) is 9.78 Å². The number of methoxy groups -OCH3 is 1. The van der Waals surface area contributed by atoms with E-state index in [0.29, 0.717) is 16.5 Å². The Balaban J connectivity index is 2.61. The van der Waals surface area contributed by atoms with Crippen molar-refractivity contribution in [3.63, 3.8) is 0 Å². The van der Waals surface area contributed by atoms with Gasteiger partial charge in [-0.25, -0.2) is 4.68 Å². The molecule has 0 aliphatic heterocycles. The van der Waals surface area contributed by atoms with E-state index in [9.17, 15) is 4.79 Å². The van der Waals surface area contributed by atoms with Crippen LogP contribution in [-0.2, 0) is 7.05 Å². The normalized spacial score (nSPS) is 10.3. The van der Waals surface area contributed by atoms with Crippen LogP contribution in [0.2, 0.25) is 5.02 Å². The highest BCUT2D eigenvalue weighted by molar-refractivity contribution is 7.80. The van der Waals surface area contributed by atoms with E-state index in [-0.39, 0.29) is 16.1 Å². The second kappa shape index (κ2) is 5.60. The molecule has 0 fully saturated rings. The summed E-state index contributed by atoms with van der Waals surface area (Å²) >= 11 is 11.0. The first kappa shape index (κ1) is 14.5. The summed E-state index contributed by atoms with van der Waals surface area (Å²) in [7, 11) is 3.08. The van der Waals surface area contributed by atoms with Crippen LogP contribution >= 0.6 is 23.8 Å². The van der Waals surface area contributed by atoms with Gasteiger partial charge in [0.2, 0.25) is 0 Å². The molecule has 0 saturated carbocycles. The van der Waals surface area contributed by atoms with E-state index in [1.165, 1.54) is 11.8 Å². The van der Waals surface area contributed by atoms with Crippen molar-refractivity contribution < 1.29 is 4.74 Å². The van der Waals surface area contributed by atoms with Crippen LogP contribution in [0.15, 0.2) is 29.1 Å². The number of ether oxygens (including phenoxy) is 1. The van der Waals surface area contributed by atoms with Gasteiger partial charge in [0, 0.05) is 12.6 Å². The molecular weight excluding hydrogens is 298 g/mol. The summed E-state index contributed by atoms with van der Waals surface area (Å²) in [6.07, 6.45) is 0. The SMILES string of the molecule is COc1ccc(-c2cc(C(N)=S)c(=O)n(C)n2)cc1Cl. The molecule has 1 aromatic carbocycles. The lowest BCUT2D eigenvalue weighted by molar-refractivity contribution is 0.415. The molecule has 2 aromatic rings. The Labute approximate surface area is 125 Å². The number of aromatic nitrogens is 2. The standard InChI is InChI=1S/C13H12ClN3O2S/c1-17-13(18)8(12(15)20)6-10(16-17)7-3-4-11(19-2)9(14)5-7/h3-6H,1-2H3,(H2,15,20). The molecule has 1 aromatic heterocycles. The Kier molecular flexibility index (Phi) is 4.06. The van der Waals surface area contributed by atoms with Crippen LogP contribution in [0.1, 0.15) is 5.56 Å². The lowest BCUT2D eigenvalue weighted by atomic mass is 10.1. The van der Waals surface area contributed by atoms with Crippen LogP contribution in [0.3, 0.4) is 0 Å². The average molecular weight is 310 g/mol. The highest BCUT2D eigenvalue weighted by Crippen LogP contribution is 2.29. The summed E-state index contributed by atoms with van der Waals surface area (Å²) in [5, 5.41) is 4.63. The molecule has 0 radical (unpaired) electrons.